The van der Waals surface area contributed by atoms with Crippen LogP contribution in [0, 0.1) is 0 Å². The van der Waals surface area contributed by atoms with E-state index in [4.69, 9.17) is 26.5 Å². The smallest absolute Gasteiger partial charge is 0.123 e. The van der Waals surface area contributed by atoms with Gasteiger partial charge in [0.2, 0.25) is 0 Å². The quantitative estimate of drug-likeness (QED) is 0.908. The number of furan rings is 1. The van der Waals surface area contributed by atoms with Crippen LogP contribution in [0.15, 0.2) is 41.0 Å². The predicted octanol–water partition coefficient (Wildman–Crippen LogP) is 3.18. The molecule has 2 aromatic rings. The molecule has 0 saturated heterocycles. The molecule has 0 bridgehead atoms. The van der Waals surface area contributed by atoms with Gasteiger partial charge in [-0.25, -0.2) is 0 Å². The summed E-state index contributed by atoms with van der Waals surface area (Å²) in [7, 11) is 1.62. The Morgan fingerprint density at radius 1 is 1.41 bits per heavy atom. The number of halogens is 1. The van der Waals surface area contributed by atoms with E-state index in [1.165, 1.54) is 0 Å². The van der Waals surface area contributed by atoms with Crippen molar-refractivity contribution >= 4 is 11.6 Å². The summed E-state index contributed by atoms with van der Waals surface area (Å²) in [5, 5.41) is 0.649. The fourth-order valence-electron chi connectivity index (χ4n) is 1.75. The van der Waals surface area contributed by atoms with Crippen molar-refractivity contribution in [2.24, 2.45) is 5.73 Å². The van der Waals surface area contributed by atoms with E-state index in [9.17, 15) is 0 Å². The fourth-order valence-corrected chi connectivity index (χ4v) is 1.93. The van der Waals surface area contributed by atoms with E-state index < -0.39 is 0 Å². The van der Waals surface area contributed by atoms with Gasteiger partial charge in [0.25, 0.3) is 0 Å². The van der Waals surface area contributed by atoms with Gasteiger partial charge in [0.1, 0.15) is 11.5 Å². The Kier molecular flexibility index (Phi) is 3.71. The van der Waals surface area contributed by atoms with Crippen molar-refractivity contribution in [3.63, 3.8) is 0 Å². The van der Waals surface area contributed by atoms with Gasteiger partial charge >= 0.3 is 0 Å². The lowest BCUT2D eigenvalue weighted by Crippen LogP contribution is -2.14. The van der Waals surface area contributed by atoms with Crippen molar-refractivity contribution in [3.8, 4) is 5.75 Å². The maximum absolute atomic E-state index is 6.13. The molecule has 0 amide bonds. The first kappa shape index (κ1) is 12.0. The molecule has 0 saturated carbocycles. The predicted molar refractivity (Wildman–Crippen MR) is 67.3 cm³/mol. The number of nitrogens with two attached hydrogens (primary N) is 1. The number of benzene rings is 1. The summed E-state index contributed by atoms with van der Waals surface area (Å²) in [4.78, 5) is 0. The maximum atomic E-state index is 6.13. The summed E-state index contributed by atoms with van der Waals surface area (Å²) in [6, 6.07) is 8.97. The van der Waals surface area contributed by atoms with Gasteiger partial charge in [0, 0.05) is 23.0 Å². The molecule has 1 unspecified atom stereocenters. The Bertz CT molecular complexity index is 482. The van der Waals surface area contributed by atoms with Crippen LogP contribution in [-0.2, 0) is 6.42 Å². The van der Waals surface area contributed by atoms with Gasteiger partial charge in [0.05, 0.1) is 13.4 Å². The summed E-state index contributed by atoms with van der Waals surface area (Å²) in [6.45, 7) is 0. The molecule has 2 rings (SSSR count). The fraction of sp³-hybridized carbons (Fsp3) is 0.231. The Balaban J connectivity index is 2.23. The average molecular weight is 252 g/mol. The molecule has 0 fully saturated rings. The van der Waals surface area contributed by atoms with Gasteiger partial charge < -0.3 is 14.9 Å². The van der Waals surface area contributed by atoms with Crippen molar-refractivity contribution in [1.29, 1.82) is 0 Å². The van der Waals surface area contributed by atoms with Gasteiger partial charge in [-0.1, -0.05) is 11.6 Å². The molecule has 17 heavy (non-hydrogen) atoms. The number of ether oxygens (including phenoxy) is 1. The lowest BCUT2D eigenvalue weighted by atomic mass is 10.0. The average Bonchev–Trinajstić information content (AvgIpc) is 2.81. The molecule has 3 nitrogen and oxygen atoms in total. The number of hydrogen-bond acceptors (Lipinski definition) is 3. The molecule has 0 spiro atoms. The maximum Gasteiger partial charge on any atom is 0.123 e. The second kappa shape index (κ2) is 5.25. The normalized spacial score (nSPS) is 12.4. The molecule has 4 heteroatoms. The Hall–Kier alpha value is -1.45. The third-order valence-corrected chi connectivity index (χ3v) is 2.83. The zero-order valence-electron chi connectivity index (χ0n) is 9.52. The van der Waals surface area contributed by atoms with Crippen LogP contribution >= 0.6 is 11.6 Å². The Morgan fingerprint density at radius 2 is 2.24 bits per heavy atom. The van der Waals surface area contributed by atoms with Crippen LogP contribution in [0.2, 0.25) is 5.02 Å². The van der Waals surface area contributed by atoms with Crippen LogP contribution in [0.5, 0.6) is 5.75 Å². The Labute approximate surface area is 105 Å². The first-order chi connectivity index (χ1) is 8.20. The molecule has 2 N–H and O–H groups in total. The minimum Gasteiger partial charge on any atom is -0.496 e. The third kappa shape index (κ3) is 2.81. The molecule has 0 aliphatic carbocycles. The highest BCUT2D eigenvalue weighted by Gasteiger charge is 2.14. The molecule has 1 heterocycles. The molecule has 1 aromatic heterocycles. The van der Waals surface area contributed by atoms with Gasteiger partial charge in [-0.15, -0.1) is 0 Å². The van der Waals surface area contributed by atoms with Crippen LogP contribution in [0.3, 0.4) is 0 Å². The highest BCUT2D eigenvalue weighted by atomic mass is 35.5. The van der Waals surface area contributed by atoms with E-state index in [1.807, 2.05) is 24.3 Å². The lowest BCUT2D eigenvalue weighted by Gasteiger charge is -2.15. The van der Waals surface area contributed by atoms with Gasteiger partial charge in [-0.2, -0.15) is 0 Å². The zero-order chi connectivity index (χ0) is 12.3. The van der Waals surface area contributed by atoms with Gasteiger partial charge in [-0.05, 0) is 30.3 Å². The molecular weight excluding hydrogens is 238 g/mol. The van der Waals surface area contributed by atoms with Crippen LogP contribution < -0.4 is 10.5 Å². The van der Waals surface area contributed by atoms with E-state index in [-0.39, 0.29) is 6.04 Å². The molecule has 0 aliphatic rings. The summed E-state index contributed by atoms with van der Waals surface area (Å²) >= 11 is 5.97. The second-order valence-electron chi connectivity index (χ2n) is 3.78. The highest BCUT2D eigenvalue weighted by Crippen LogP contribution is 2.28. The van der Waals surface area contributed by atoms with Crippen LogP contribution in [0.25, 0.3) is 0 Å². The van der Waals surface area contributed by atoms with Crippen molar-refractivity contribution in [2.75, 3.05) is 7.11 Å². The van der Waals surface area contributed by atoms with E-state index >= 15 is 0 Å². The number of methoxy groups -OCH3 is 1. The molecule has 0 radical (unpaired) electrons. The van der Waals surface area contributed by atoms with Crippen LogP contribution in [0.1, 0.15) is 17.4 Å². The van der Waals surface area contributed by atoms with E-state index in [0.717, 1.165) is 17.1 Å². The highest BCUT2D eigenvalue weighted by molar-refractivity contribution is 6.30. The van der Waals surface area contributed by atoms with Crippen molar-refractivity contribution in [3.05, 3.63) is 52.9 Å². The second-order valence-corrected chi connectivity index (χ2v) is 4.21. The lowest BCUT2D eigenvalue weighted by molar-refractivity contribution is 0.403. The topological polar surface area (TPSA) is 48.4 Å². The zero-order valence-corrected chi connectivity index (χ0v) is 10.3. The standard InChI is InChI=1S/C13H14ClNO2/c1-16-13-5-4-9(14)7-11(13)12(15)8-10-3-2-6-17-10/h2-7,12H,8,15H2,1H3. The first-order valence-electron chi connectivity index (χ1n) is 5.32. The third-order valence-electron chi connectivity index (χ3n) is 2.59. The molecular formula is C13H14ClNO2. The minimum absolute atomic E-state index is 0.199. The van der Waals surface area contributed by atoms with Gasteiger partial charge in [-0.3, -0.25) is 0 Å². The number of rotatable bonds is 4. The monoisotopic (exact) mass is 251 g/mol. The SMILES string of the molecule is COc1ccc(Cl)cc1C(N)Cc1ccco1. The summed E-state index contributed by atoms with van der Waals surface area (Å²) in [5.74, 6) is 1.59. The summed E-state index contributed by atoms with van der Waals surface area (Å²) in [5.41, 5.74) is 7.02. The van der Waals surface area contributed by atoms with Crippen molar-refractivity contribution in [1.82, 2.24) is 0 Å². The Morgan fingerprint density at radius 3 is 2.88 bits per heavy atom. The summed E-state index contributed by atoms with van der Waals surface area (Å²) < 4.78 is 10.5. The molecule has 1 aromatic carbocycles. The van der Waals surface area contributed by atoms with Crippen LogP contribution in [-0.4, -0.2) is 7.11 Å². The molecule has 90 valence electrons. The van der Waals surface area contributed by atoms with Gasteiger partial charge in [0.15, 0.2) is 0 Å². The number of hydrogen-bond donors (Lipinski definition) is 1. The van der Waals surface area contributed by atoms with Crippen LogP contribution in [0.4, 0.5) is 0 Å². The first-order valence-corrected chi connectivity index (χ1v) is 5.70. The minimum atomic E-state index is -0.199. The van der Waals surface area contributed by atoms with E-state index in [1.54, 1.807) is 19.4 Å². The van der Waals surface area contributed by atoms with E-state index in [2.05, 4.69) is 0 Å². The molecule has 1 atom stereocenters. The summed E-state index contributed by atoms with van der Waals surface area (Å²) in [6.07, 6.45) is 2.25. The molecule has 0 aliphatic heterocycles. The van der Waals surface area contributed by atoms with Crippen molar-refractivity contribution < 1.29 is 9.15 Å². The largest absolute Gasteiger partial charge is 0.496 e. The van der Waals surface area contributed by atoms with E-state index in [0.29, 0.717) is 11.4 Å². The van der Waals surface area contributed by atoms with Crippen molar-refractivity contribution in [2.45, 2.75) is 12.5 Å².